The van der Waals surface area contributed by atoms with Crippen molar-refractivity contribution in [2.24, 2.45) is 5.92 Å². The average Bonchev–Trinajstić information content (AvgIpc) is 2.08. The first kappa shape index (κ1) is 11.4. The number of likely N-dealkylation sites (tertiary alicyclic amines) is 1. The lowest BCUT2D eigenvalue weighted by Crippen LogP contribution is -2.42. The number of carboxylic acids is 1. The number of aliphatic carboxylic acids is 1. The van der Waals surface area contributed by atoms with E-state index in [1.807, 2.05) is 0 Å². The van der Waals surface area contributed by atoms with Gasteiger partial charge in [0.15, 0.2) is 0 Å². The lowest BCUT2D eigenvalue weighted by molar-refractivity contribution is -0.142. The molecule has 1 atom stereocenters. The van der Waals surface area contributed by atoms with Gasteiger partial charge in [-0.1, -0.05) is 6.92 Å². The summed E-state index contributed by atoms with van der Waals surface area (Å²) in [4.78, 5) is 12.3. The SMILES string of the molecule is CC(CN1CCC(F)(F)CC1)C(=O)O. The van der Waals surface area contributed by atoms with Gasteiger partial charge in [-0.15, -0.1) is 0 Å². The normalized spacial score (nSPS) is 24.5. The molecule has 0 amide bonds. The molecule has 1 rings (SSSR count). The predicted octanol–water partition coefficient (Wildman–Crippen LogP) is 1.44. The van der Waals surface area contributed by atoms with E-state index in [4.69, 9.17) is 5.11 Å². The fourth-order valence-corrected chi connectivity index (χ4v) is 1.53. The fourth-order valence-electron chi connectivity index (χ4n) is 1.53. The Labute approximate surface area is 81.7 Å². The maximum atomic E-state index is 12.7. The van der Waals surface area contributed by atoms with Crippen LogP contribution in [-0.2, 0) is 4.79 Å². The minimum Gasteiger partial charge on any atom is -0.481 e. The van der Waals surface area contributed by atoms with E-state index < -0.39 is 17.8 Å². The van der Waals surface area contributed by atoms with E-state index in [1.165, 1.54) is 0 Å². The molecule has 5 heteroatoms. The van der Waals surface area contributed by atoms with Gasteiger partial charge in [0.25, 0.3) is 5.92 Å². The van der Waals surface area contributed by atoms with Crippen molar-refractivity contribution in [1.82, 2.24) is 4.90 Å². The number of hydrogen-bond donors (Lipinski definition) is 1. The van der Waals surface area contributed by atoms with Gasteiger partial charge in [-0.2, -0.15) is 0 Å². The van der Waals surface area contributed by atoms with Crippen molar-refractivity contribution in [2.75, 3.05) is 19.6 Å². The van der Waals surface area contributed by atoms with E-state index >= 15 is 0 Å². The van der Waals surface area contributed by atoms with Gasteiger partial charge in [0.2, 0.25) is 0 Å². The first-order valence-corrected chi connectivity index (χ1v) is 4.74. The molecule has 0 aromatic heterocycles. The third-order valence-electron chi connectivity index (χ3n) is 2.54. The quantitative estimate of drug-likeness (QED) is 0.761. The van der Waals surface area contributed by atoms with Crippen molar-refractivity contribution in [3.05, 3.63) is 0 Å². The Morgan fingerprint density at radius 2 is 2.00 bits per heavy atom. The zero-order valence-corrected chi connectivity index (χ0v) is 8.17. The largest absolute Gasteiger partial charge is 0.481 e. The number of rotatable bonds is 3. The van der Waals surface area contributed by atoms with E-state index in [0.29, 0.717) is 19.6 Å². The second kappa shape index (κ2) is 4.21. The summed E-state index contributed by atoms with van der Waals surface area (Å²) >= 11 is 0. The van der Waals surface area contributed by atoms with Crippen LogP contribution in [0.25, 0.3) is 0 Å². The van der Waals surface area contributed by atoms with Crippen molar-refractivity contribution in [1.29, 1.82) is 0 Å². The Hall–Kier alpha value is -0.710. The lowest BCUT2D eigenvalue weighted by atomic mass is 10.0. The summed E-state index contributed by atoms with van der Waals surface area (Å²) in [5.41, 5.74) is 0. The molecule has 0 aromatic carbocycles. The smallest absolute Gasteiger partial charge is 0.307 e. The van der Waals surface area contributed by atoms with Crippen LogP contribution in [0, 0.1) is 5.92 Å². The molecule has 3 nitrogen and oxygen atoms in total. The van der Waals surface area contributed by atoms with Crippen LogP contribution in [0.5, 0.6) is 0 Å². The molecule has 1 heterocycles. The van der Waals surface area contributed by atoms with Crippen molar-refractivity contribution in [2.45, 2.75) is 25.7 Å². The van der Waals surface area contributed by atoms with Crippen LogP contribution in [0.15, 0.2) is 0 Å². The topological polar surface area (TPSA) is 40.5 Å². The standard InChI is InChI=1S/C9H15F2NO2/c1-7(8(13)14)6-12-4-2-9(10,11)3-5-12/h7H,2-6H2,1H3,(H,13,14). The first-order valence-electron chi connectivity index (χ1n) is 4.74. The molecule has 82 valence electrons. The Balaban J connectivity index is 2.32. The van der Waals surface area contributed by atoms with Crippen molar-refractivity contribution in [3.8, 4) is 0 Å². The monoisotopic (exact) mass is 207 g/mol. The Bertz CT molecular complexity index is 211. The maximum absolute atomic E-state index is 12.7. The summed E-state index contributed by atoms with van der Waals surface area (Å²) in [6.45, 7) is 2.55. The molecular weight excluding hydrogens is 192 g/mol. The summed E-state index contributed by atoms with van der Waals surface area (Å²) in [7, 11) is 0. The molecule has 14 heavy (non-hydrogen) atoms. The maximum Gasteiger partial charge on any atom is 0.307 e. The number of nitrogens with zero attached hydrogens (tertiary/aromatic N) is 1. The van der Waals surface area contributed by atoms with E-state index in [1.54, 1.807) is 11.8 Å². The summed E-state index contributed by atoms with van der Waals surface area (Å²) < 4.78 is 25.5. The van der Waals surface area contributed by atoms with Crippen LogP contribution < -0.4 is 0 Å². The Morgan fingerprint density at radius 3 is 2.43 bits per heavy atom. The van der Waals surface area contributed by atoms with Gasteiger partial charge in [0.1, 0.15) is 0 Å². The first-order chi connectivity index (χ1) is 6.41. The van der Waals surface area contributed by atoms with E-state index in [-0.39, 0.29) is 12.8 Å². The second-order valence-corrected chi connectivity index (χ2v) is 3.90. The van der Waals surface area contributed by atoms with E-state index in [0.717, 1.165) is 0 Å². The number of halogens is 2. The third kappa shape index (κ3) is 3.21. The van der Waals surface area contributed by atoms with Crippen LogP contribution in [0.1, 0.15) is 19.8 Å². The molecule has 0 spiro atoms. The predicted molar refractivity (Wildman–Crippen MR) is 47.4 cm³/mol. The van der Waals surface area contributed by atoms with Gasteiger partial charge in [0, 0.05) is 32.5 Å². The van der Waals surface area contributed by atoms with Gasteiger partial charge in [-0.3, -0.25) is 4.79 Å². The summed E-state index contributed by atoms with van der Waals surface area (Å²) in [5.74, 6) is -3.91. The summed E-state index contributed by atoms with van der Waals surface area (Å²) in [6, 6.07) is 0. The highest BCUT2D eigenvalue weighted by molar-refractivity contribution is 5.69. The molecule has 1 fully saturated rings. The van der Waals surface area contributed by atoms with Gasteiger partial charge >= 0.3 is 5.97 Å². The van der Waals surface area contributed by atoms with E-state index in [9.17, 15) is 13.6 Å². The number of piperidine rings is 1. The fraction of sp³-hybridized carbons (Fsp3) is 0.889. The zero-order valence-electron chi connectivity index (χ0n) is 8.17. The van der Waals surface area contributed by atoms with Crippen molar-refractivity contribution >= 4 is 5.97 Å². The van der Waals surface area contributed by atoms with Gasteiger partial charge in [-0.05, 0) is 0 Å². The summed E-state index contributed by atoms with van der Waals surface area (Å²) in [6.07, 6.45) is -0.307. The van der Waals surface area contributed by atoms with Gasteiger partial charge < -0.3 is 10.0 Å². The molecule has 1 unspecified atom stereocenters. The number of alkyl halides is 2. The number of hydrogen-bond acceptors (Lipinski definition) is 2. The number of carboxylic acid groups (broad SMARTS) is 1. The van der Waals surface area contributed by atoms with Crippen LogP contribution in [0.3, 0.4) is 0 Å². The molecule has 0 bridgehead atoms. The molecule has 0 aromatic rings. The van der Waals surface area contributed by atoms with Crippen molar-refractivity contribution in [3.63, 3.8) is 0 Å². The van der Waals surface area contributed by atoms with Crippen LogP contribution >= 0.6 is 0 Å². The van der Waals surface area contributed by atoms with E-state index in [2.05, 4.69) is 0 Å². The second-order valence-electron chi connectivity index (χ2n) is 3.90. The van der Waals surface area contributed by atoms with Gasteiger partial charge in [-0.25, -0.2) is 8.78 Å². The molecule has 1 N–H and O–H groups in total. The molecule has 1 aliphatic rings. The molecule has 0 radical (unpaired) electrons. The minimum atomic E-state index is -2.55. The minimum absolute atomic E-state index is 0.153. The molecule has 0 aliphatic carbocycles. The van der Waals surface area contributed by atoms with Crippen LogP contribution in [-0.4, -0.2) is 41.5 Å². The average molecular weight is 207 g/mol. The zero-order chi connectivity index (χ0) is 10.8. The van der Waals surface area contributed by atoms with Gasteiger partial charge in [0.05, 0.1) is 5.92 Å². The lowest BCUT2D eigenvalue weighted by Gasteiger charge is -2.32. The highest BCUT2D eigenvalue weighted by Crippen LogP contribution is 2.27. The molecule has 0 saturated carbocycles. The third-order valence-corrected chi connectivity index (χ3v) is 2.54. The highest BCUT2D eigenvalue weighted by Gasteiger charge is 2.34. The van der Waals surface area contributed by atoms with Crippen molar-refractivity contribution < 1.29 is 18.7 Å². The highest BCUT2D eigenvalue weighted by atomic mass is 19.3. The molecule has 1 aliphatic heterocycles. The molecular formula is C9H15F2NO2. The number of carbonyl (C=O) groups is 1. The summed E-state index contributed by atoms with van der Waals surface area (Å²) in [5, 5.41) is 8.64. The molecule has 1 saturated heterocycles. The van der Waals surface area contributed by atoms with Crippen LogP contribution in [0.2, 0.25) is 0 Å². The van der Waals surface area contributed by atoms with Crippen LogP contribution in [0.4, 0.5) is 8.78 Å². The Morgan fingerprint density at radius 1 is 1.50 bits per heavy atom. The Kier molecular flexibility index (Phi) is 3.42.